The van der Waals surface area contributed by atoms with Gasteiger partial charge in [-0.3, -0.25) is 0 Å². The molecular formula is C8H7OSi2. The monoisotopic (exact) mass is 175 g/mol. The van der Waals surface area contributed by atoms with Crippen LogP contribution in [0.2, 0.25) is 0 Å². The fourth-order valence-corrected chi connectivity index (χ4v) is 1.26. The zero-order valence-corrected chi connectivity index (χ0v) is 7.95. The quantitative estimate of drug-likeness (QED) is 0.631. The third-order valence-corrected chi connectivity index (χ3v) is 1.98. The molecule has 0 bridgehead atoms. The third kappa shape index (κ3) is 3.31. The molecule has 1 rings (SSSR count). The molecule has 1 aromatic carbocycles. The molecule has 1 aromatic rings. The van der Waals surface area contributed by atoms with Crippen molar-refractivity contribution in [3.8, 4) is 0 Å². The highest BCUT2D eigenvalue weighted by atomic mass is 28.3. The summed E-state index contributed by atoms with van der Waals surface area (Å²) in [6.07, 6.45) is 2.03. The van der Waals surface area contributed by atoms with E-state index in [1.807, 2.05) is 30.0 Å². The Balaban J connectivity index is 2.50. The van der Waals surface area contributed by atoms with E-state index in [1.165, 1.54) is 5.56 Å². The number of benzene rings is 1. The summed E-state index contributed by atoms with van der Waals surface area (Å²) >= 11 is 0. The highest BCUT2D eigenvalue weighted by Gasteiger charge is 1.81. The highest BCUT2D eigenvalue weighted by Crippen LogP contribution is 1.99. The Bertz CT molecular complexity index is 221. The lowest BCUT2D eigenvalue weighted by Gasteiger charge is -1.89. The molecule has 1 nitrogen and oxygen atoms in total. The maximum absolute atomic E-state index is 4.71. The van der Waals surface area contributed by atoms with Gasteiger partial charge in [0.05, 0.1) is 0 Å². The molecule has 0 unspecified atom stereocenters. The maximum Gasteiger partial charge on any atom is 0.248 e. The lowest BCUT2D eigenvalue weighted by Crippen LogP contribution is -1.87. The largest absolute Gasteiger partial charge is 0.454 e. The van der Waals surface area contributed by atoms with Gasteiger partial charge in [0.1, 0.15) is 0 Å². The van der Waals surface area contributed by atoms with Gasteiger partial charge in [-0.1, -0.05) is 42.1 Å². The van der Waals surface area contributed by atoms with Gasteiger partial charge in [0, 0.05) is 0 Å². The molecule has 0 fully saturated rings. The Morgan fingerprint density at radius 3 is 2.64 bits per heavy atom. The maximum atomic E-state index is 4.71. The topological polar surface area (TPSA) is 9.23 Å². The fourth-order valence-electron chi connectivity index (χ4n) is 0.728. The van der Waals surface area contributed by atoms with E-state index in [9.17, 15) is 0 Å². The van der Waals surface area contributed by atoms with Gasteiger partial charge < -0.3 is 4.12 Å². The second kappa shape index (κ2) is 5.06. The Hall–Kier alpha value is -0.646. The third-order valence-electron chi connectivity index (χ3n) is 1.20. The summed E-state index contributed by atoms with van der Waals surface area (Å²) in [5.74, 6) is 0. The Labute approximate surface area is 72.6 Å². The minimum Gasteiger partial charge on any atom is -0.454 e. The molecule has 0 N–H and O–H groups in total. The molecule has 5 radical (unpaired) electrons. The second-order valence-electron chi connectivity index (χ2n) is 1.96. The predicted molar refractivity (Wildman–Crippen MR) is 48.1 cm³/mol. The molecule has 0 aromatic heterocycles. The average Bonchev–Trinajstić information content (AvgIpc) is 2.07. The molecule has 0 aliphatic carbocycles. The van der Waals surface area contributed by atoms with Crippen LogP contribution in [0, 0.1) is 0 Å². The van der Waals surface area contributed by atoms with Crippen LogP contribution in [0.1, 0.15) is 5.56 Å². The van der Waals surface area contributed by atoms with E-state index in [4.69, 9.17) is 4.12 Å². The van der Waals surface area contributed by atoms with Crippen molar-refractivity contribution >= 4 is 26.3 Å². The first kappa shape index (κ1) is 8.45. The summed E-state index contributed by atoms with van der Waals surface area (Å²) in [5, 5.41) is 0. The standard InChI is InChI=1S/C8H7OSi2/c10-9-11-7-6-8-4-2-1-3-5-8/h1-7H. The minimum absolute atomic E-state index is 0.373. The molecule has 0 saturated carbocycles. The number of hydrogen-bond acceptors (Lipinski definition) is 1. The van der Waals surface area contributed by atoms with Crippen LogP contribution in [-0.2, 0) is 4.12 Å². The van der Waals surface area contributed by atoms with Crippen LogP contribution in [0.3, 0.4) is 0 Å². The van der Waals surface area contributed by atoms with Crippen molar-refractivity contribution in [2.24, 2.45) is 0 Å². The fraction of sp³-hybridized carbons (Fsp3) is 0. The predicted octanol–water partition coefficient (Wildman–Crippen LogP) is 1.38. The first-order valence-electron chi connectivity index (χ1n) is 3.23. The Morgan fingerprint density at radius 2 is 2.00 bits per heavy atom. The van der Waals surface area contributed by atoms with E-state index in [2.05, 4.69) is 22.6 Å². The first-order chi connectivity index (χ1) is 5.43. The van der Waals surface area contributed by atoms with Gasteiger partial charge in [0.25, 0.3) is 0 Å². The van der Waals surface area contributed by atoms with Crippen LogP contribution in [0.4, 0.5) is 0 Å². The normalized spacial score (nSPS) is 10.6. The van der Waals surface area contributed by atoms with Crippen molar-refractivity contribution in [1.82, 2.24) is 0 Å². The van der Waals surface area contributed by atoms with Crippen molar-refractivity contribution in [2.75, 3.05) is 0 Å². The van der Waals surface area contributed by atoms with Gasteiger partial charge >= 0.3 is 0 Å². The van der Waals surface area contributed by atoms with Gasteiger partial charge in [-0.05, 0) is 5.56 Å². The average molecular weight is 175 g/mol. The molecule has 11 heavy (non-hydrogen) atoms. The molecule has 0 spiro atoms. The van der Waals surface area contributed by atoms with Crippen molar-refractivity contribution < 1.29 is 4.12 Å². The van der Waals surface area contributed by atoms with Crippen LogP contribution in [0.5, 0.6) is 0 Å². The summed E-state index contributed by atoms with van der Waals surface area (Å²) in [7, 11) is 3.30. The van der Waals surface area contributed by atoms with Crippen molar-refractivity contribution in [2.45, 2.75) is 0 Å². The zero-order chi connectivity index (χ0) is 7.94. The summed E-state index contributed by atoms with van der Waals surface area (Å²) < 4.78 is 4.71. The van der Waals surface area contributed by atoms with Crippen molar-refractivity contribution in [3.63, 3.8) is 0 Å². The minimum atomic E-state index is 0.373. The van der Waals surface area contributed by atoms with E-state index in [0.29, 0.717) is 9.76 Å². The van der Waals surface area contributed by atoms with Crippen LogP contribution >= 0.6 is 0 Å². The van der Waals surface area contributed by atoms with Gasteiger partial charge in [-0.15, -0.1) is 0 Å². The Kier molecular flexibility index (Phi) is 3.89. The lowest BCUT2D eigenvalue weighted by atomic mass is 10.2. The second-order valence-corrected chi connectivity index (χ2v) is 3.35. The van der Waals surface area contributed by atoms with Crippen LogP contribution < -0.4 is 0 Å². The molecule has 53 valence electrons. The summed E-state index contributed by atoms with van der Waals surface area (Å²) in [6.45, 7) is 0. The van der Waals surface area contributed by atoms with Crippen molar-refractivity contribution in [1.29, 1.82) is 0 Å². The van der Waals surface area contributed by atoms with E-state index in [-0.39, 0.29) is 0 Å². The molecule has 0 aliphatic rings. The van der Waals surface area contributed by atoms with Gasteiger partial charge in [-0.25, -0.2) is 0 Å². The van der Waals surface area contributed by atoms with E-state index in [1.54, 1.807) is 0 Å². The van der Waals surface area contributed by atoms with E-state index in [0.717, 1.165) is 0 Å². The molecular weight excluding hydrogens is 168 g/mol. The SMILES string of the molecule is [Si]O[Si]C=Cc1ccccc1. The molecule has 0 heterocycles. The van der Waals surface area contributed by atoms with Crippen LogP contribution in [0.25, 0.3) is 6.08 Å². The lowest BCUT2D eigenvalue weighted by molar-refractivity contribution is 0.676. The van der Waals surface area contributed by atoms with Crippen LogP contribution in [-0.4, -0.2) is 20.2 Å². The Morgan fingerprint density at radius 1 is 1.27 bits per heavy atom. The number of rotatable bonds is 3. The van der Waals surface area contributed by atoms with Gasteiger partial charge in [0.15, 0.2) is 0 Å². The van der Waals surface area contributed by atoms with E-state index < -0.39 is 0 Å². The smallest absolute Gasteiger partial charge is 0.248 e. The molecule has 0 aliphatic heterocycles. The summed E-state index contributed by atoms with van der Waals surface area (Å²) in [5.41, 5.74) is 3.17. The van der Waals surface area contributed by atoms with Gasteiger partial charge in [0.2, 0.25) is 20.2 Å². The summed E-state index contributed by atoms with van der Waals surface area (Å²) in [6, 6.07) is 10.1. The zero-order valence-electron chi connectivity index (χ0n) is 5.95. The number of hydrogen-bond donors (Lipinski definition) is 0. The molecule has 0 amide bonds. The van der Waals surface area contributed by atoms with E-state index >= 15 is 0 Å². The molecule has 0 atom stereocenters. The highest BCUT2D eigenvalue weighted by molar-refractivity contribution is 6.41. The van der Waals surface area contributed by atoms with Gasteiger partial charge in [-0.2, -0.15) is 0 Å². The molecule has 0 saturated heterocycles. The van der Waals surface area contributed by atoms with Crippen molar-refractivity contribution in [3.05, 3.63) is 41.6 Å². The summed E-state index contributed by atoms with van der Waals surface area (Å²) in [4.78, 5) is 0. The first-order valence-corrected chi connectivity index (χ1v) is 4.62. The molecule has 3 heteroatoms. The van der Waals surface area contributed by atoms with Crippen LogP contribution in [0.15, 0.2) is 36.0 Å².